The predicted octanol–water partition coefficient (Wildman–Crippen LogP) is 3.20. The zero-order valence-electron chi connectivity index (χ0n) is 16.7. The molecule has 0 spiro atoms. The predicted molar refractivity (Wildman–Crippen MR) is 113 cm³/mol. The van der Waals surface area contributed by atoms with E-state index in [4.69, 9.17) is 0 Å². The van der Waals surface area contributed by atoms with Crippen molar-refractivity contribution in [3.05, 3.63) is 71.7 Å². The molecular formula is C22H22FN5O2. The number of rotatable bonds is 5. The molecular weight excluding hydrogens is 385 g/mol. The van der Waals surface area contributed by atoms with Gasteiger partial charge in [-0.25, -0.2) is 9.07 Å². The van der Waals surface area contributed by atoms with Crippen LogP contribution >= 0.6 is 0 Å². The Kier molecular flexibility index (Phi) is 5.22. The Hall–Kier alpha value is -3.68. The van der Waals surface area contributed by atoms with Crippen molar-refractivity contribution < 1.29 is 14.0 Å². The third kappa shape index (κ3) is 4.03. The van der Waals surface area contributed by atoms with E-state index in [1.807, 2.05) is 43.3 Å². The van der Waals surface area contributed by atoms with Crippen LogP contribution in [0.4, 0.5) is 21.6 Å². The van der Waals surface area contributed by atoms with Gasteiger partial charge in [0.15, 0.2) is 0 Å². The molecule has 154 valence electrons. The summed E-state index contributed by atoms with van der Waals surface area (Å²) in [5.41, 5.74) is 3.07. The zero-order chi connectivity index (χ0) is 21.3. The van der Waals surface area contributed by atoms with Gasteiger partial charge in [0, 0.05) is 38.0 Å². The second-order valence-corrected chi connectivity index (χ2v) is 7.46. The number of hydrogen-bond acceptors (Lipinski definition) is 4. The fourth-order valence-corrected chi connectivity index (χ4v) is 3.52. The van der Waals surface area contributed by atoms with Crippen molar-refractivity contribution in [2.75, 3.05) is 29.6 Å². The number of carbonyl (C=O) groups is 2. The Morgan fingerprint density at radius 1 is 1.23 bits per heavy atom. The quantitative estimate of drug-likeness (QED) is 0.681. The minimum Gasteiger partial charge on any atom is -0.378 e. The lowest BCUT2D eigenvalue weighted by atomic mass is 9.89. The van der Waals surface area contributed by atoms with Gasteiger partial charge in [-0.1, -0.05) is 18.2 Å². The van der Waals surface area contributed by atoms with Gasteiger partial charge in [0.25, 0.3) is 0 Å². The molecule has 0 bridgehead atoms. The molecule has 2 amide bonds. The van der Waals surface area contributed by atoms with Crippen LogP contribution in [0.2, 0.25) is 0 Å². The molecule has 1 aromatic heterocycles. The number of amides is 2. The molecule has 0 aliphatic carbocycles. The van der Waals surface area contributed by atoms with E-state index in [1.54, 1.807) is 16.9 Å². The van der Waals surface area contributed by atoms with Crippen LogP contribution in [-0.2, 0) is 16.1 Å². The third-order valence-corrected chi connectivity index (χ3v) is 5.12. The van der Waals surface area contributed by atoms with E-state index in [2.05, 4.69) is 15.7 Å². The number of halogens is 1. The molecule has 7 nitrogen and oxygen atoms in total. The van der Waals surface area contributed by atoms with E-state index in [0.717, 1.165) is 11.3 Å². The summed E-state index contributed by atoms with van der Waals surface area (Å²) >= 11 is 0. The summed E-state index contributed by atoms with van der Waals surface area (Å²) in [6.07, 6.45) is 1.62. The van der Waals surface area contributed by atoms with Crippen LogP contribution in [0.3, 0.4) is 0 Å². The molecule has 0 saturated carbocycles. The van der Waals surface area contributed by atoms with E-state index in [9.17, 15) is 14.0 Å². The number of nitrogens with one attached hydrogen (secondary N) is 2. The number of carbonyl (C=O) groups excluding carboxylic acids is 2. The lowest BCUT2D eigenvalue weighted by Crippen LogP contribution is -2.31. The Bertz CT molecular complexity index is 1090. The number of fused-ring (bicyclic) bond motifs is 1. The molecule has 0 saturated heterocycles. The van der Waals surface area contributed by atoms with Crippen molar-refractivity contribution in [2.45, 2.75) is 18.9 Å². The first kappa shape index (κ1) is 19.6. The van der Waals surface area contributed by atoms with Crippen molar-refractivity contribution in [2.24, 2.45) is 0 Å². The van der Waals surface area contributed by atoms with Gasteiger partial charge >= 0.3 is 0 Å². The summed E-state index contributed by atoms with van der Waals surface area (Å²) in [4.78, 5) is 27.0. The fraction of sp³-hybridized carbons (Fsp3) is 0.227. The number of nitrogens with zero attached hydrogens (tertiary/aromatic N) is 3. The Morgan fingerprint density at radius 3 is 2.73 bits per heavy atom. The lowest BCUT2D eigenvalue weighted by Gasteiger charge is -2.25. The first-order valence-corrected chi connectivity index (χ1v) is 9.59. The summed E-state index contributed by atoms with van der Waals surface area (Å²) in [5, 5.41) is 9.79. The van der Waals surface area contributed by atoms with Crippen molar-refractivity contribution in [1.29, 1.82) is 0 Å². The normalized spacial score (nSPS) is 15.3. The first-order chi connectivity index (χ1) is 14.4. The van der Waals surface area contributed by atoms with Crippen LogP contribution in [0.1, 0.15) is 23.5 Å². The maximum absolute atomic E-state index is 13.5. The zero-order valence-corrected chi connectivity index (χ0v) is 16.7. The van der Waals surface area contributed by atoms with Crippen molar-refractivity contribution in [1.82, 2.24) is 9.78 Å². The molecule has 1 aliphatic rings. The van der Waals surface area contributed by atoms with E-state index < -0.39 is 11.7 Å². The average molecular weight is 407 g/mol. The molecule has 8 heteroatoms. The highest BCUT2D eigenvalue weighted by Crippen LogP contribution is 2.33. The van der Waals surface area contributed by atoms with Crippen LogP contribution in [0, 0.1) is 5.82 Å². The SMILES string of the molecule is CN(C)c1ccc(Cn2nccc2NC(=O)C2CC(=O)Nc3cc(F)ccc32)cc1. The summed E-state index contributed by atoms with van der Waals surface area (Å²) in [6.45, 7) is 0.489. The van der Waals surface area contributed by atoms with E-state index in [1.165, 1.54) is 18.2 Å². The summed E-state index contributed by atoms with van der Waals surface area (Å²) in [6, 6.07) is 13.8. The average Bonchev–Trinajstić information content (AvgIpc) is 3.13. The maximum atomic E-state index is 13.5. The molecule has 3 aromatic rings. The Morgan fingerprint density at radius 2 is 2.00 bits per heavy atom. The summed E-state index contributed by atoms with van der Waals surface area (Å²) in [5.74, 6) is -1.28. The topological polar surface area (TPSA) is 79.3 Å². The number of aromatic nitrogens is 2. The van der Waals surface area contributed by atoms with Gasteiger partial charge < -0.3 is 15.5 Å². The van der Waals surface area contributed by atoms with Gasteiger partial charge in [-0.05, 0) is 35.4 Å². The Labute approximate surface area is 173 Å². The Balaban J connectivity index is 1.51. The highest BCUT2D eigenvalue weighted by molar-refractivity contribution is 6.04. The van der Waals surface area contributed by atoms with E-state index in [0.29, 0.717) is 23.6 Å². The molecule has 4 rings (SSSR count). The highest BCUT2D eigenvalue weighted by Gasteiger charge is 2.31. The molecule has 0 radical (unpaired) electrons. The summed E-state index contributed by atoms with van der Waals surface area (Å²) in [7, 11) is 3.96. The van der Waals surface area contributed by atoms with E-state index in [-0.39, 0.29) is 18.2 Å². The molecule has 1 aliphatic heterocycles. The van der Waals surface area contributed by atoms with Crippen LogP contribution < -0.4 is 15.5 Å². The van der Waals surface area contributed by atoms with Gasteiger partial charge in [-0.15, -0.1) is 0 Å². The smallest absolute Gasteiger partial charge is 0.233 e. The van der Waals surface area contributed by atoms with Gasteiger partial charge in [-0.3, -0.25) is 9.59 Å². The van der Waals surface area contributed by atoms with Gasteiger partial charge in [-0.2, -0.15) is 5.10 Å². The van der Waals surface area contributed by atoms with Crippen LogP contribution in [0.25, 0.3) is 0 Å². The second-order valence-electron chi connectivity index (χ2n) is 7.46. The second kappa shape index (κ2) is 7.98. The van der Waals surface area contributed by atoms with Crippen LogP contribution in [0.15, 0.2) is 54.7 Å². The minimum absolute atomic E-state index is 0.00456. The van der Waals surface area contributed by atoms with E-state index >= 15 is 0 Å². The van der Waals surface area contributed by atoms with Gasteiger partial charge in [0.05, 0.1) is 18.7 Å². The van der Waals surface area contributed by atoms with Crippen LogP contribution in [0.5, 0.6) is 0 Å². The molecule has 2 aromatic carbocycles. The van der Waals surface area contributed by atoms with Crippen LogP contribution in [-0.4, -0.2) is 35.7 Å². The highest BCUT2D eigenvalue weighted by atomic mass is 19.1. The molecule has 0 fully saturated rings. The number of anilines is 3. The monoisotopic (exact) mass is 407 g/mol. The first-order valence-electron chi connectivity index (χ1n) is 9.59. The molecule has 2 N–H and O–H groups in total. The fourth-order valence-electron chi connectivity index (χ4n) is 3.52. The largest absolute Gasteiger partial charge is 0.378 e. The molecule has 2 heterocycles. The molecule has 30 heavy (non-hydrogen) atoms. The number of hydrogen-bond donors (Lipinski definition) is 2. The number of benzene rings is 2. The maximum Gasteiger partial charge on any atom is 0.233 e. The molecule has 1 atom stereocenters. The van der Waals surface area contributed by atoms with Crippen molar-refractivity contribution >= 4 is 29.0 Å². The van der Waals surface area contributed by atoms with Gasteiger partial charge in [0.2, 0.25) is 11.8 Å². The summed E-state index contributed by atoms with van der Waals surface area (Å²) < 4.78 is 15.2. The molecule has 1 unspecified atom stereocenters. The van der Waals surface area contributed by atoms with Crippen molar-refractivity contribution in [3.8, 4) is 0 Å². The standard InChI is InChI=1S/C22H22FN5O2/c1-27(2)16-6-3-14(4-7-16)13-28-20(9-10-24-28)26-22(30)18-12-21(29)25-19-11-15(23)5-8-17(18)19/h3-11,18H,12-13H2,1-2H3,(H,25,29)(H,26,30). The van der Waals surface area contributed by atoms with Gasteiger partial charge in [0.1, 0.15) is 11.6 Å². The van der Waals surface area contributed by atoms with Crippen molar-refractivity contribution in [3.63, 3.8) is 0 Å². The minimum atomic E-state index is -0.697. The third-order valence-electron chi connectivity index (χ3n) is 5.12. The lowest BCUT2D eigenvalue weighted by molar-refractivity contribution is -0.123.